The van der Waals surface area contributed by atoms with E-state index in [1.54, 1.807) is 0 Å². The fourth-order valence-corrected chi connectivity index (χ4v) is 3.10. The molecule has 1 aliphatic carbocycles. The average Bonchev–Trinajstić information content (AvgIpc) is 2.26. The van der Waals surface area contributed by atoms with Crippen molar-refractivity contribution in [2.24, 2.45) is 17.8 Å². The van der Waals surface area contributed by atoms with Crippen LogP contribution in [0.1, 0.15) is 40.0 Å². The highest BCUT2D eigenvalue weighted by Crippen LogP contribution is 2.35. The van der Waals surface area contributed by atoms with Crippen molar-refractivity contribution in [2.45, 2.75) is 46.1 Å². The van der Waals surface area contributed by atoms with Gasteiger partial charge < -0.3 is 4.74 Å². The van der Waals surface area contributed by atoms with Crippen molar-refractivity contribution in [1.29, 1.82) is 0 Å². The maximum Gasteiger partial charge on any atom is 0.322 e. The monoisotopic (exact) mass is 303 g/mol. The van der Waals surface area contributed by atoms with Gasteiger partial charge in [-0.1, -0.05) is 27.2 Å². The molecule has 0 N–H and O–H groups in total. The van der Waals surface area contributed by atoms with Crippen molar-refractivity contribution in [2.75, 3.05) is 0 Å². The first kappa shape index (κ1) is 14.8. The van der Waals surface area contributed by atoms with Gasteiger partial charge in [0.05, 0.1) is 0 Å². The molecule has 6 heteroatoms. The Morgan fingerprint density at radius 3 is 2.32 bits per heavy atom. The highest BCUT2D eigenvalue weighted by Gasteiger charge is 2.32. The van der Waals surface area contributed by atoms with Gasteiger partial charge in [-0.05, 0) is 53.8 Å². The molecule has 1 saturated carbocycles. The fraction of sp³-hybridized carbons (Fsp3) is 0.769. The molecule has 0 radical (unpaired) electrons. The number of halogens is 2. The van der Waals surface area contributed by atoms with Gasteiger partial charge in [-0.2, -0.15) is 15.0 Å². The highest BCUT2D eigenvalue weighted by atomic mass is 35.5. The predicted octanol–water partition coefficient (Wildman–Crippen LogP) is 4.02. The third-order valence-corrected chi connectivity index (χ3v) is 4.12. The molecule has 0 spiro atoms. The SMILES string of the molecule is CC1CCC(C(C)C)C(Oc2nc(Cl)nc(Cl)n2)C1. The molecule has 1 fully saturated rings. The van der Waals surface area contributed by atoms with Crippen LogP contribution in [0.4, 0.5) is 0 Å². The molecule has 0 aliphatic heterocycles. The van der Waals surface area contributed by atoms with E-state index in [0.29, 0.717) is 17.8 Å². The first-order chi connectivity index (χ1) is 8.95. The molecule has 106 valence electrons. The summed E-state index contributed by atoms with van der Waals surface area (Å²) < 4.78 is 5.93. The summed E-state index contributed by atoms with van der Waals surface area (Å²) >= 11 is 11.5. The van der Waals surface area contributed by atoms with Gasteiger partial charge >= 0.3 is 6.01 Å². The largest absolute Gasteiger partial charge is 0.460 e. The molecular weight excluding hydrogens is 285 g/mol. The molecule has 1 aliphatic rings. The van der Waals surface area contributed by atoms with Crippen LogP contribution >= 0.6 is 23.2 Å². The normalized spacial score (nSPS) is 27.6. The third-order valence-electron chi connectivity index (χ3n) is 3.78. The Kier molecular flexibility index (Phi) is 4.85. The van der Waals surface area contributed by atoms with Gasteiger partial charge in [0, 0.05) is 0 Å². The summed E-state index contributed by atoms with van der Waals surface area (Å²) in [5.41, 5.74) is 0. The van der Waals surface area contributed by atoms with Gasteiger partial charge in [-0.25, -0.2) is 0 Å². The Labute approximate surface area is 123 Å². The van der Waals surface area contributed by atoms with Crippen LogP contribution in [-0.4, -0.2) is 21.1 Å². The van der Waals surface area contributed by atoms with Crippen molar-refractivity contribution < 1.29 is 4.74 Å². The van der Waals surface area contributed by atoms with E-state index in [4.69, 9.17) is 27.9 Å². The first-order valence-corrected chi connectivity index (χ1v) is 7.45. The van der Waals surface area contributed by atoms with E-state index >= 15 is 0 Å². The predicted molar refractivity (Wildman–Crippen MR) is 75.6 cm³/mol. The second-order valence-electron chi connectivity index (χ2n) is 5.64. The molecule has 1 aromatic heterocycles. The van der Waals surface area contributed by atoms with Crippen LogP contribution < -0.4 is 4.74 Å². The van der Waals surface area contributed by atoms with E-state index in [9.17, 15) is 0 Å². The van der Waals surface area contributed by atoms with Crippen molar-refractivity contribution in [1.82, 2.24) is 15.0 Å². The smallest absolute Gasteiger partial charge is 0.322 e. The molecule has 0 saturated heterocycles. The average molecular weight is 304 g/mol. The van der Waals surface area contributed by atoms with E-state index in [-0.39, 0.29) is 22.7 Å². The van der Waals surface area contributed by atoms with Crippen LogP contribution in [0.2, 0.25) is 10.6 Å². The minimum Gasteiger partial charge on any atom is -0.460 e. The summed E-state index contributed by atoms with van der Waals surface area (Å²) in [6, 6.07) is 0.231. The lowest BCUT2D eigenvalue weighted by Crippen LogP contribution is -2.36. The van der Waals surface area contributed by atoms with Gasteiger partial charge in [-0.15, -0.1) is 0 Å². The van der Waals surface area contributed by atoms with E-state index in [0.717, 1.165) is 6.42 Å². The quantitative estimate of drug-likeness (QED) is 0.846. The molecule has 1 heterocycles. The van der Waals surface area contributed by atoms with Gasteiger partial charge in [0.1, 0.15) is 6.10 Å². The van der Waals surface area contributed by atoms with Gasteiger partial charge in [0.15, 0.2) is 0 Å². The van der Waals surface area contributed by atoms with Gasteiger partial charge in [0.2, 0.25) is 10.6 Å². The van der Waals surface area contributed by atoms with Crippen LogP contribution in [0.5, 0.6) is 6.01 Å². The number of rotatable bonds is 3. The molecular formula is C13H19Cl2N3O. The third kappa shape index (κ3) is 3.93. The van der Waals surface area contributed by atoms with E-state index in [1.165, 1.54) is 12.8 Å². The molecule has 0 bridgehead atoms. The van der Waals surface area contributed by atoms with Crippen LogP contribution in [-0.2, 0) is 0 Å². The zero-order chi connectivity index (χ0) is 14.0. The Balaban J connectivity index is 2.13. The van der Waals surface area contributed by atoms with Crippen molar-refractivity contribution in [3.05, 3.63) is 10.6 Å². The lowest BCUT2D eigenvalue weighted by Gasteiger charge is -2.36. The summed E-state index contributed by atoms with van der Waals surface area (Å²) in [4.78, 5) is 11.7. The number of aromatic nitrogens is 3. The first-order valence-electron chi connectivity index (χ1n) is 6.69. The summed E-state index contributed by atoms with van der Waals surface area (Å²) in [6.45, 7) is 6.70. The molecule has 19 heavy (non-hydrogen) atoms. The summed E-state index contributed by atoms with van der Waals surface area (Å²) in [5, 5.41) is 0.139. The maximum atomic E-state index is 5.93. The summed E-state index contributed by atoms with van der Waals surface area (Å²) in [5.74, 6) is 1.75. The van der Waals surface area contributed by atoms with Crippen molar-refractivity contribution in [3.8, 4) is 6.01 Å². The Bertz CT molecular complexity index is 422. The zero-order valence-corrected chi connectivity index (χ0v) is 12.9. The molecule has 0 aromatic carbocycles. The molecule has 2 rings (SSSR count). The molecule has 0 amide bonds. The standard InChI is InChI=1S/C13H19Cl2N3O/c1-7(2)9-5-4-8(3)6-10(9)19-13-17-11(14)16-12(15)18-13/h7-10H,4-6H2,1-3H3. The van der Waals surface area contributed by atoms with E-state index in [1.807, 2.05) is 0 Å². The number of hydrogen-bond donors (Lipinski definition) is 0. The zero-order valence-electron chi connectivity index (χ0n) is 11.4. The fourth-order valence-electron chi connectivity index (χ4n) is 2.75. The Hall–Kier alpha value is -0.610. The minimum atomic E-state index is 0.0694. The molecule has 1 aromatic rings. The highest BCUT2D eigenvalue weighted by molar-refractivity contribution is 6.31. The van der Waals surface area contributed by atoms with Gasteiger partial charge in [-0.3, -0.25) is 0 Å². The van der Waals surface area contributed by atoms with Crippen LogP contribution in [0.15, 0.2) is 0 Å². The number of hydrogen-bond acceptors (Lipinski definition) is 4. The lowest BCUT2D eigenvalue weighted by molar-refractivity contribution is 0.0388. The van der Waals surface area contributed by atoms with E-state index < -0.39 is 0 Å². The van der Waals surface area contributed by atoms with Crippen molar-refractivity contribution >= 4 is 23.2 Å². The molecule has 3 unspecified atom stereocenters. The number of nitrogens with zero attached hydrogens (tertiary/aromatic N) is 3. The van der Waals surface area contributed by atoms with Crippen LogP contribution in [0.3, 0.4) is 0 Å². The minimum absolute atomic E-state index is 0.0694. The molecule has 4 nitrogen and oxygen atoms in total. The topological polar surface area (TPSA) is 47.9 Å². The van der Waals surface area contributed by atoms with Crippen LogP contribution in [0.25, 0.3) is 0 Å². The lowest BCUT2D eigenvalue weighted by atomic mass is 9.75. The Morgan fingerprint density at radius 1 is 1.11 bits per heavy atom. The molecule has 3 atom stereocenters. The second kappa shape index (κ2) is 6.23. The maximum absolute atomic E-state index is 5.93. The number of ether oxygens (including phenoxy) is 1. The van der Waals surface area contributed by atoms with Crippen molar-refractivity contribution in [3.63, 3.8) is 0 Å². The summed E-state index contributed by atoms with van der Waals surface area (Å²) in [7, 11) is 0. The van der Waals surface area contributed by atoms with Gasteiger partial charge in [0.25, 0.3) is 0 Å². The van der Waals surface area contributed by atoms with Crippen LogP contribution in [0, 0.1) is 17.8 Å². The van der Waals surface area contributed by atoms with E-state index in [2.05, 4.69) is 35.7 Å². The second-order valence-corrected chi connectivity index (χ2v) is 6.31. The summed E-state index contributed by atoms with van der Waals surface area (Å²) in [6.07, 6.45) is 3.57. The Morgan fingerprint density at radius 2 is 1.74 bits per heavy atom.